The molecule has 20 nitrogen and oxygen atoms in total. The summed E-state index contributed by atoms with van der Waals surface area (Å²) < 4.78 is 42.5. The number of anilines is 4. The molecular weight excluding hydrogens is 909 g/mol. The quantitative estimate of drug-likeness (QED) is 0.0313. The van der Waals surface area contributed by atoms with Crippen LogP contribution in [0, 0.1) is 24.0 Å². The summed E-state index contributed by atoms with van der Waals surface area (Å²) in [5, 5.41) is 12.9. The summed E-state index contributed by atoms with van der Waals surface area (Å²) in [4.78, 5) is 77.9. The lowest BCUT2D eigenvalue weighted by Crippen LogP contribution is -2.66. The molecule has 70 heavy (non-hydrogen) atoms. The fourth-order valence-electron chi connectivity index (χ4n) is 9.29. The number of nitrogens with two attached hydrogens (primary N) is 2. The number of hydrogen-bond acceptors (Lipinski definition) is 17. The van der Waals surface area contributed by atoms with Crippen LogP contribution in [0.15, 0.2) is 54.7 Å². The number of nitrogens with zero attached hydrogens (tertiary/aromatic N) is 7. The number of piperazine rings is 1. The first-order valence-electron chi connectivity index (χ1n) is 23.7. The zero-order chi connectivity index (χ0) is 50.0. The molecule has 7 rings (SSSR count). The first-order valence-corrected chi connectivity index (χ1v) is 23.7. The molecule has 0 radical (unpaired) electrons. The molecule has 1 atom stereocenters. The van der Waals surface area contributed by atoms with Gasteiger partial charge in [-0.1, -0.05) is 26.0 Å². The van der Waals surface area contributed by atoms with E-state index in [9.17, 15) is 24.0 Å². The minimum atomic E-state index is -1.08. The third-order valence-electron chi connectivity index (χ3n) is 13.4. The first-order chi connectivity index (χ1) is 33.5. The maximum absolute atomic E-state index is 15.7. The van der Waals surface area contributed by atoms with Crippen molar-refractivity contribution in [2.75, 3.05) is 99.2 Å². The largest absolute Gasteiger partial charge is 0.384 e. The second-order valence-electron chi connectivity index (χ2n) is 19.1. The number of amides is 5. The van der Waals surface area contributed by atoms with Crippen LogP contribution in [-0.2, 0) is 35.2 Å². The number of carbonyl (C=O) groups excluding carboxylic acids is 5. The summed E-state index contributed by atoms with van der Waals surface area (Å²) in [6.07, 6.45) is 6.46. The Bertz CT molecular complexity index is 2410. The van der Waals surface area contributed by atoms with Crippen LogP contribution >= 0.6 is 0 Å². The van der Waals surface area contributed by atoms with Crippen molar-refractivity contribution in [2.24, 2.45) is 17.0 Å². The van der Waals surface area contributed by atoms with Gasteiger partial charge in [-0.25, -0.2) is 24.6 Å². The van der Waals surface area contributed by atoms with Crippen molar-refractivity contribution >= 4 is 53.0 Å². The number of benzene rings is 2. The number of rotatable bonds is 20. The first kappa shape index (κ1) is 51.4. The van der Waals surface area contributed by atoms with Crippen LogP contribution in [0.25, 0.3) is 0 Å². The Labute approximate surface area is 406 Å². The zero-order valence-corrected chi connectivity index (χ0v) is 40.1. The number of hydrazine groups is 1. The maximum Gasteiger partial charge on any atom is 0.263 e. The summed E-state index contributed by atoms with van der Waals surface area (Å²) in [6, 6.07) is 8.41. The normalized spacial score (nSPS) is 19.4. The minimum Gasteiger partial charge on any atom is -0.384 e. The van der Waals surface area contributed by atoms with Gasteiger partial charge in [-0.2, -0.15) is 0 Å². The van der Waals surface area contributed by atoms with Gasteiger partial charge in [0.25, 0.3) is 5.91 Å². The molecule has 3 aromatic rings. The molecule has 4 saturated heterocycles. The number of aromatic nitrogens is 2. The van der Waals surface area contributed by atoms with Crippen LogP contribution in [0.5, 0.6) is 0 Å². The van der Waals surface area contributed by atoms with Crippen LogP contribution in [0.3, 0.4) is 0 Å². The molecule has 4 aliphatic rings. The summed E-state index contributed by atoms with van der Waals surface area (Å²) in [5.74, 6) is 4.45. The number of imide groups is 2. The molecule has 8 N–H and O–H groups in total. The zero-order valence-electron chi connectivity index (χ0n) is 40.1. The summed E-state index contributed by atoms with van der Waals surface area (Å²) >= 11 is 0. The number of aryl methyl sites for hydroxylation is 1. The topological polar surface area (TPSA) is 246 Å². The summed E-state index contributed by atoms with van der Waals surface area (Å²) in [7, 11) is 0. The molecule has 5 amide bonds. The molecule has 1 unspecified atom stereocenters. The van der Waals surface area contributed by atoms with E-state index >= 15 is 8.78 Å². The molecule has 4 fully saturated rings. The van der Waals surface area contributed by atoms with Gasteiger partial charge in [0.2, 0.25) is 24.1 Å². The minimum absolute atomic E-state index is 0.0252. The number of piperidine rings is 3. The van der Waals surface area contributed by atoms with Gasteiger partial charge in [-0.3, -0.25) is 39.1 Å². The van der Waals surface area contributed by atoms with Gasteiger partial charge < -0.3 is 46.0 Å². The highest BCUT2D eigenvalue weighted by Gasteiger charge is 2.42. The Morgan fingerprint density at radius 1 is 0.957 bits per heavy atom. The van der Waals surface area contributed by atoms with E-state index in [1.807, 2.05) is 0 Å². The van der Waals surface area contributed by atoms with Crippen molar-refractivity contribution in [3.63, 3.8) is 0 Å². The summed E-state index contributed by atoms with van der Waals surface area (Å²) in [5.41, 5.74) is 7.61. The molecule has 0 aliphatic carbocycles. The van der Waals surface area contributed by atoms with Crippen molar-refractivity contribution in [3.8, 4) is 0 Å². The highest BCUT2D eigenvalue weighted by molar-refractivity contribution is 6.09. The Kier molecular flexibility index (Phi) is 16.8. The molecule has 378 valence electrons. The molecular formula is C48H65F2N13O7. The van der Waals surface area contributed by atoms with E-state index in [2.05, 4.69) is 54.9 Å². The van der Waals surface area contributed by atoms with E-state index in [1.54, 1.807) is 36.1 Å². The second kappa shape index (κ2) is 23.0. The molecule has 5 heterocycles. The van der Waals surface area contributed by atoms with Gasteiger partial charge >= 0.3 is 0 Å². The van der Waals surface area contributed by atoms with E-state index in [4.69, 9.17) is 21.1 Å². The number of likely N-dealkylation sites (tertiary alicyclic amines) is 1. The van der Waals surface area contributed by atoms with Crippen LogP contribution in [-0.4, -0.2) is 145 Å². The predicted molar refractivity (Wildman–Crippen MR) is 258 cm³/mol. The molecule has 1 spiro atoms. The predicted octanol–water partition coefficient (Wildman–Crippen LogP) is 2.55. The fourth-order valence-corrected chi connectivity index (χ4v) is 9.29. The number of ether oxygens (including phenoxy) is 2. The highest BCUT2D eigenvalue weighted by atomic mass is 19.1. The lowest BCUT2D eigenvalue weighted by Gasteiger charge is -2.48. The van der Waals surface area contributed by atoms with Crippen LogP contribution in [0.2, 0.25) is 0 Å². The Morgan fingerprint density at radius 3 is 2.43 bits per heavy atom. The van der Waals surface area contributed by atoms with Gasteiger partial charge in [-0.05, 0) is 75.2 Å². The Balaban J connectivity index is 0.805. The SMILES string of the molecule is Cc1cccc(NCCOCCOCCN(N)/C=C(\N)Nc2cc(N3CCC4(CC3)CN(c3cc(F)c(CN5CCC(C)(C)CC5)cc3F)CC(=O)N4)ncn2)c1C(=O)N(C=O)C1CCC(=O)NC1=O. The van der Waals surface area contributed by atoms with Crippen molar-refractivity contribution in [2.45, 2.75) is 77.4 Å². The Morgan fingerprint density at radius 2 is 1.70 bits per heavy atom. The highest BCUT2D eigenvalue weighted by Crippen LogP contribution is 2.35. The smallest absolute Gasteiger partial charge is 0.263 e. The standard InChI is InChI=1S/C48H65F2N13O7/c1-32-5-4-6-36(44(32)46(68)63(31-64)37-7-8-42(65)57-45(37)67)53-13-19-69-21-22-70-20-18-62(52)27-39(51)56-40-25-41(55-30-54-40)60-16-11-48(12-17-60)29-61(28-43(66)58-48)38-24-34(49)33(23-35(38)50)26-59-14-9-47(2,3)10-15-59/h4-6,23-25,27,30-31,37,53H,7-22,26,28-29,51-52H2,1-3H3,(H,58,66)(H,54,55,56)(H,57,65,67)/b39-27+. The molecule has 2 aromatic carbocycles. The van der Waals surface area contributed by atoms with E-state index in [0.29, 0.717) is 87.0 Å². The van der Waals surface area contributed by atoms with E-state index < -0.39 is 40.9 Å². The van der Waals surface area contributed by atoms with Crippen molar-refractivity contribution in [1.82, 2.24) is 35.4 Å². The van der Waals surface area contributed by atoms with Crippen molar-refractivity contribution in [1.29, 1.82) is 0 Å². The van der Waals surface area contributed by atoms with Crippen LogP contribution in [0.1, 0.15) is 73.9 Å². The van der Waals surface area contributed by atoms with Crippen molar-refractivity contribution in [3.05, 3.63) is 83.1 Å². The van der Waals surface area contributed by atoms with Crippen LogP contribution < -0.4 is 42.6 Å². The number of carbonyl (C=O) groups is 5. The maximum atomic E-state index is 15.7. The summed E-state index contributed by atoms with van der Waals surface area (Å²) in [6.45, 7) is 11.4. The van der Waals surface area contributed by atoms with Gasteiger partial charge in [-0.15, -0.1) is 0 Å². The second-order valence-corrected chi connectivity index (χ2v) is 19.1. The van der Waals surface area contributed by atoms with E-state index in [1.165, 1.54) is 29.7 Å². The number of halogens is 2. The van der Waals surface area contributed by atoms with Gasteiger partial charge in [0.15, 0.2) is 0 Å². The van der Waals surface area contributed by atoms with Gasteiger partial charge in [0.05, 0.1) is 62.5 Å². The third-order valence-corrected chi connectivity index (χ3v) is 13.4. The van der Waals surface area contributed by atoms with E-state index in [0.717, 1.165) is 30.8 Å². The van der Waals surface area contributed by atoms with Crippen LogP contribution in [0.4, 0.5) is 31.8 Å². The van der Waals surface area contributed by atoms with Crippen molar-refractivity contribution < 1.29 is 42.2 Å². The Hall–Kier alpha value is -6.49. The molecule has 22 heteroatoms. The lowest BCUT2D eigenvalue weighted by atomic mass is 9.82. The monoisotopic (exact) mass is 974 g/mol. The lowest BCUT2D eigenvalue weighted by molar-refractivity contribution is -0.139. The molecule has 1 aromatic heterocycles. The van der Waals surface area contributed by atoms with E-state index in [-0.39, 0.29) is 74.2 Å². The molecule has 0 saturated carbocycles. The van der Waals surface area contributed by atoms with Gasteiger partial charge in [0, 0.05) is 62.5 Å². The third kappa shape index (κ3) is 13.2. The average molecular weight is 974 g/mol. The number of hydrogen-bond donors (Lipinski definition) is 6. The fraction of sp³-hybridized carbons (Fsp3) is 0.521. The molecule has 0 bridgehead atoms. The molecule has 4 aliphatic heterocycles. The van der Waals surface area contributed by atoms with Gasteiger partial charge in [0.1, 0.15) is 41.5 Å². The number of nitrogens with one attached hydrogen (secondary N) is 4. The average Bonchev–Trinajstić information content (AvgIpc) is 3.31.